The van der Waals surface area contributed by atoms with Crippen LogP contribution in [0.5, 0.6) is 0 Å². The largest absolute Gasteiger partial charge is 0.356 e. The average molecular weight is 474 g/mol. The first-order valence-corrected chi connectivity index (χ1v) is 10.2. The molecule has 148 valence electrons. The molecule has 0 saturated heterocycles. The first-order chi connectivity index (χ1) is 12.4. The molecule has 0 bridgehead atoms. The molecule has 1 fully saturated rings. The highest BCUT2D eigenvalue weighted by atomic mass is 127. The predicted molar refractivity (Wildman–Crippen MR) is 117 cm³/mol. The van der Waals surface area contributed by atoms with E-state index < -0.39 is 0 Å². The number of nitrogens with one attached hydrogen (secondary N) is 2. The number of rotatable bonds is 7. The van der Waals surface area contributed by atoms with E-state index in [1.54, 1.807) is 0 Å². The van der Waals surface area contributed by atoms with Crippen LogP contribution in [0.1, 0.15) is 75.9 Å². The molecular weight excluding hydrogens is 439 g/mol. The topological polar surface area (TPSA) is 67.1 Å². The first kappa shape index (κ1) is 21.4. The van der Waals surface area contributed by atoms with Crippen LogP contribution in [0.25, 0.3) is 0 Å². The van der Waals surface area contributed by atoms with Crippen LogP contribution in [-0.4, -0.2) is 34.3 Å². The number of aromatic nitrogens is 3. The summed E-state index contributed by atoms with van der Waals surface area (Å²) < 4.78 is 2.29. The van der Waals surface area contributed by atoms with Gasteiger partial charge in [-0.1, -0.05) is 44.9 Å². The van der Waals surface area contributed by atoms with Crippen LogP contribution < -0.4 is 10.6 Å². The van der Waals surface area contributed by atoms with Crippen molar-refractivity contribution in [1.82, 2.24) is 25.4 Å². The van der Waals surface area contributed by atoms with E-state index in [4.69, 9.17) is 0 Å². The van der Waals surface area contributed by atoms with Crippen LogP contribution in [0.3, 0.4) is 0 Å². The molecule has 6 nitrogen and oxygen atoms in total. The Hall–Kier alpha value is -0.860. The van der Waals surface area contributed by atoms with Crippen molar-refractivity contribution in [3.63, 3.8) is 0 Å². The van der Waals surface area contributed by atoms with Crippen molar-refractivity contribution in [2.45, 2.75) is 83.7 Å². The van der Waals surface area contributed by atoms with Crippen molar-refractivity contribution >= 4 is 29.9 Å². The number of nitrogens with zero attached hydrogens (tertiary/aromatic N) is 4. The molecule has 1 saturated carbocycles. The van der Waals surface area contributed by atoms with E-state index in [9.17, 15) is 0 Å². The second-order valence-corrected chi connectivity index (χ2v) is 7.49. The Labute approximate surface area is 175 Å². The Bertz CT molecular complexity index is 550. The average Bonchev–Trinajstić information content (AvgIpc) is 3.22. The third kappa shape index (κ3) is 6.39. The molecule has 0 atom stereocenters. The van der Waals surface area contributed by atoms with E-state index in [0.717, 1.165) is 43.0 Å². The minimum absolute atomic E-state index is 0. The Morgan fingerprint density at radius 2 is 1.92 bits per heavy atom. The van der Waals surface area contributed by atoms with Gasteiger partial charge >= 0.3 is 0 Å². The van der Waals surface area contributed by atoms with Crippen molar-refractivity contribution < 1.29 is 0 Å². The van der Waals surface area contributed by atoms with E-state index >= 15 is 0 Å². The van der Waals surface area contributed by atoms with Gasteiger partial charge in [0.2, 0.25) is 0 Å². The molecule has 1 aliphatic carbocycles. The number of hydrogen-bond donors (Lipinski definition) is 2. The van der Waals surface area contributed by atoms with Gasteiger partial charge in [0, 0.05) is 26.6 Å². The number of guanidine groups is 1. The molecule has 3 rings (SSSR count). The molecule has 7 heteroatoms. The first-order valence-electron chi connectivity index (χ1n) is 10.2. The van der Waals surface area contributed by atoms with Gasteiger partial charge in [-0.15, -0.1) is 34.2 Å². The van der Waals surface area contributed by atoms with Gasteiger partial charge in [0.25, 0.3) is 0 Å². The highest BCUT2D eigenvalue weighted by molar-refractivity contribution is 14.0. The molecule has 1 aromatic rings. The Morgan fingerprint density at radius 1 is 1.08 bits per heavy atom. The highest BCUT2D eigenvalue weighted by Gasteiger charge is 2.15. The zero-order valence-corrected chi connectivity index (χ0v) is 18.5. The van der Waals surface area contributed by atoms with Gasteiger partial charge in [0.15, 0.2) is 11.8 Å². The smallest absolute Gasteiger partial charge is 0.191 e. The molecule has 2 heterocycles. The zero-order chi connectivity index (χ0) is 17.3. The highest BCUT2D eigenvalue weighted by Crippen LogP contribution is 2.28. The van der Waals surface area contributed by atoms with Gasteiger partial charge in [0.1, 0.15) is 5.82 Å². The molecule has 0 radical (unpaired) electrons. The monoisotopic (exact) mass is 474 g/mol. The van der Waals surface area contributed by atoms with Crippen LogP contribution in [0.15, 0.2) is 4.99 Å². The number of aliphatic imine (C=N–C) groups is 1. The van der Waals surface area contributed by atoms with Crippen LogP contribution in [0.4, 0.5) is 0 Å². The molecule has 1 aliphatic heterocycles. The lowest BCUT2D eigenvalue weighted by molar-refractivity contribution is 0.472. The van der Waals surface area contributed by atoms with Crippen molar-refractivity contribution in [3.8, 4) is 0 Å². The molecule has 2 N–H and O–H groups in total. The predicted octanol–water partition coefficient (Wildman–Crippen LogP) is 3.65. The minimum Gasteiger partial charge on any atom is -0.356 e. The van der Waals surface area contributed by atoms with Crippen LogP contribution >= 0.6 is 24.0 Å². The summed E-state index contributed by atoms with van der Waals surface area (Å²) in [6.45, 7) is 2.73. The Morgan fingerprint density at radius 3 is 2.73 bits per heavy atom. The maximum Gasteiger partial charge on any atom is 0.191 e. The van der Waals surface area contributed by atoms with E-state index in [-0.39, 0.29) is 24.0 Å². The van der Waals surface area contributed by atoms with E-state index in [1.807, 2.05) is 7.05 Å². The summed E-state index contributed by atoms with van der Waals surface area (Å²) in [5.74, 6) is 4.04. The molecule has 0 aromatic carbocycles. The summed E-state index contributed by atoms with van der Waals surface area (Å²) in [7, 11) is 1.83. The van der Waals surface area contributed by atoms with Gasteiger partial charge in [-0.25, -0.2) is 0 Å². The summed E-state index contributed by atoms with van der Waals surface area (Å²) in [6.07, 6.45) is 14.6. The quantitative estimate of drug-likeness (QED) is 0.274. The molecule has 0 unspecified atom stereocenters. The molecule has 2 aliphatic rings. The molecule has 1 aromatic heterocycles. The minimum atomic E-state index is 0. The van der Waals surface area contributed by atoms with Gasteiger partial charge in [-0.3, -0.25) is 4.99 Å². The van der Waals surface area contributed by atoms with E-state index in [0.29, 0.717) is 6.54 Å². The third-order valence-electron chi connectivity index (χ3n) is 5.63. The van der Waals surface area contributed by atoms with E-state index in [2.05, 4.69) is 30.4 Å². The zero-order valence-electron chi connectivity index (χ0n) is 16.2. The number of aryl methyl sites for hydroxylation is 1. The van der Waals surface area contributed by atoms with Crippen molar-refractivity contribution in [1.29, 1.82) is 0 Å². The fourth-order valence-corrected chi connectivity index (χ4v) is 4.12. The lowest BCUT2D eigenvalue weighted by atomic mass is 10.0. The Kier molecular flexibility index (Phi) is 9.71. The number of halogens is 1. The summed E-state index contributed by atoms with van der Waals surface area (Å²) >= 11 is 0. The maximum absolute atomic E-state index is 4.37. The number of hydrogen-bond acceptors (Lipinski definition) is 3. The molecule has 26 heavy (non-hydrogen) atoms. The lowest BCUT2D eigenvalue weighted by Gasteiger charge is -2.13. The fourth-order valence-electron chi connectivity index (χ4n) is 4.12. The standard InChI is InChI=1S/C19H34N6.HI/c1-20-19(21-13-7-6-11-16-9-4-5-10-16)22-15-18-24-23-17-12-3-2-8-14-25(17)18;/h16H,2-15H2,1H3,(H2,20,21,22);1H. The molecular formula is C19H35IN6. The van der Waals surface area contributed by atoms with Crippen LogP contribution in [0.2, 0.25) is 0 Å². The van der Waals surface area contributed by atoms with Gasteiger partial charge in [0.05, 0.1) is 6.54 Å². The van der Waals surface area contributed by atoms with Gasteiger partial charge in [-0.05, 0) is 25.2 Å². The summed E-state index contributed by atoms with van der Waals surface area (Å²) in [5, 5.41) is 15.5. The third-order valence-corrected chi connectivity index (χ3v) is 5.63. The van der Waals surface area contributed by atoms with Crippen molar-refractivity contribution in [2.75, 3.05) is 13.6 Å². The normalized spacial score (nSPS) is 18.1. The fraction of sp³-hybridized carbons (Fsp3) is 0.842. The SMILES string of the molecule is CN=C(NCCCCC1CCCC1)NCc1nnc2n1CCCCC2.I. The summed E-state index contributed by atoms with van der Waals surface area (Å²) in [6, 6.07) is 0. The second-order valence-electron chi connectivity index (χ2n) is 7.49. The van der Waals surface area contributed by atoms with Crippen LogP contribution in [-0.2, 0) is 19.5 Å². The summed E-state index contributed by atoms with van der Waals surface area (Å²) in [5.41, 5.74) is 0. The van der Waals surface area contributed by atoms with Crippen molar-refractivity contribution in [2.24, 2.45) is 10.9 Å². The van der Waals surface area contributed by atoms with Crippen LogP contribution in [0, 0.1) is 5.92 Å². The molecule has 0 amide bonds. The molecule has 0 spiro atoms. The van der Waals surface area contributed by atoms with Gasteiger partial charge in [-0.2, -0.15) is 0 Å². The Balaban J connectivity index is 0.00000243. The summed E-state index contributed by atoms with van der Waals surface area (Å²) in [4.78, 5) is 4.33. The van der Waals surface area contributed by atoms with Gasteiger partial charge < -0.3 is 15.2 Å². The lowest BCUT2D eigenvalue weighted by Crippen LogP contribution is -2.38. The maximum atomic E-state index is 4.37. The van der Waals surface area contributed by atoms with E-state index in [1.165, 1.54) is 64.2 Å². The van der Waals surface area contributed by atoms with Crippen molar-refractivity contribution in [3.05, 3.63) is 11.6 Å². The number of fused-ring (bicyclic) bond motifs is 1. The second kappa shape index (κ2) is 11.8. The number of unbranched alkanes of at least 4 members (excludes halogenated alkanes) is 1.